The molecule has 0 unspecified atom stereocenters. The predicted octanol–water partition coefficient (Wildman–Crippen LogP) is 3.18. The summed E-state index contributed by atoms with van der Waals surface area (Å²) < 4.78 is 1.88. The van der Waals surface area contributed by atoms with Gasteiger partial charge >= 0.3 is 0 Å². The summed E-state index contributed by atoms with van der Waals surface area (Å²) >= 11 is 0. The van der Waals surface area contributed by atoms with Gasteiger partial charge in [0.05, 0.1) is 5.52 Å². The number of rotatable bonds is 4. The molecule has 5 heteroatoms. The normalized spacial score (nSPS) is 14.7. The number of primary amides is 1. The van der Waals surface area contributed by atoms with Gasteiger partial charge in [-0.05, 0) is 24.1 Å². The van der Waals surface area contributed by atoms with Crippen molar-refractivity contribution in [2.45, 2.75) is 19.9 Å². The molecule has 0 atom stereocenters. The number of nitrogens with zero attached hydrogens (tertiary/aromatic N) is 1. The van der Waals surface area contributed by atoms with Gasteiger partial charge in [0.15, 0.2) is 0 Å². The van der Waals surface area contributed by atoms with E-state index in [2.05, 4.69) is 12.2 Å². The number of carbonyl (C=O) groups is 2. The van der Waals surface area contributed by atoms with Crippen LogP contribution >= 0.6 is 0 Å². The van der Waals surface area contributed by atoms with Gasteiger partial charge in [-0.15, -0.1) is 0 Å². The third-order valence-electron chi connectivity index (χ3n) is 4.73. The third-order valence-corrected chi connectivity index (χ3v) is 4.73. The Morgan fingerprint density at radius 1 is 1.19 bits per heavy atom. The molecule has 0 saturated carbocycles. The van der Waals surface area contributed by atoms with Crippen molar-refractivity contribution in [3.63, 3.8) is 0 Å². The zero-order valence-electron chi connectivity index (χ0n) is 14.5. The standard InChI is InChI=1S/C21H19N3O2/c1-2-13-6-5-8-15-14(11-24(20(13)15)12-19(22)25)10-17-16-7-3-4-9-18(16)23-21(17)26/h3-11H,2,12H2,1H3,(H2,22,25)(H,23,26)/b17-10+. The maximum atomic E-state index is 12.4. The molecule has 0 saturated heterocycles. The molecule has 1 aromatic heterocycles. The van der Waals surface area contributed by atoms with Crippen LogP contribution in [0.3, 0.4) is 0 Å². The second kappa shape index (κ2) is 6.19. The Morgan fingerprint density at radius 2 is 2.00 bits per heavy atom. The SMILES string of the molecule is CCc1cccc2c(/C=C3/C(=O)Nc4ccccc43)cn(CC(N)=O)c12. The Hall–Kier alpha value is -3.34. The number of nitrogens with one attached hydrogen (secondary N) is 1. The zero-order chi connectivity index (χ0) is 18.3. The molecule has 0 spiro atoms. The number of hydrogen-bond donors (Lipinski definition) is 2. The molecule has 5 nitrogen and oxygen atoms in total. The summed E-state index contributed by atoms with van der Waals surface area (Å²) in [6.07, 6.45) is 4.63. The number of benzene rings is 2. The summed E-state index contributed by atoms with van der Waals surface area (Å²) in [4.78, 5) is 23.9. The number of carbonyl (C=O) groups excluding carboxylic acids is 2. The maximum Gasteiger partial charge on any atom is 0.256 e. The largest absolute Gasteiger partial charge is 0.368 e. The lowest BCUT2D eigenvalue weighted by atomic mass is 10.0. The Kier molecular flexibility index (Phi) is 3.84. The van der Waals surface area contributed by atoms with Crippen LogP contribution in [0.4, 0.5) is 5.69 Å². The number of aryl methyl sites for hydroxylation is 1. The van der Waals surface area contributed by atoms with Gasteiger partial charge in [0.2, 0.25) is 5.91 Å². The number of fused-ring (bicyclic) bond motifs is 2. The quantitative estimate of drug-likeness (QED) is 0.713. The van der Waals surface area contributed by atoms with Gasteiger partial charge in [0.25, 0.3) is 5.91 Å². The van der Waals surface area contributed by atoms with Crippen LogP contribution in [-0.2, 0) is 22.6 Å². The van der Waals surface area contributed by atoms with Crippen molar-refractivity contribution in [3.05, 3.63) is 65.4 Å². The lowest BCUT2D eigenvalue weighted by Crippen LogP contribution is -2.18. The number of amides is 2. The van der Waals surface area contributed by atoms with E-state index in [4.69, 9.17) is 5.73 Å². The predicted molar refractivity (Wildman–Crippen MR) is 103 cm³/mol. The number of aromatic nitrogens is 1. The molecule has 0 fully saturated rings. The minimum Gasteiger partial charge on any atom is -0.368 e. The zero-order valence-corrected chi connectivity index (χ0v) is 14.5. The highest BCUT2D eigenvalue weighted by Crippen LogP contribution is 2.35. The molecule has 0 aliphatic carbocycles. The minimum atomic E-state index is -0.393. The Labute approximate surface area is 151 Å². The highest BCUT2D eigenvalue weighted by Gasteiger charge is 2.24. The Morgan fingerprint density at radius 3 is 2.77 bits per heavy atom. The molecule has 3 N–H and O–H groups in total. The summed E-state index contributed by atoms with van der Waals surface area (Å²) in [5.41, 5.74) is 10.8. The van der Waals surface area contributed by atoms with E-state index < -0.39 is 5.91 Å². The highest BCUT2D eigenvalue weighted by atomic mass is 16.2. The number of para-hydroxylation sites is 2. The van der Waals surface area contributed by atoms with Gasteiger partial charge in [-0.3, -0.25) is 9.59 Å². The molecule has 1 aliphatic heterocycles. The first kappa shape index (κ1) is 16.1. The molecule has 3 aromatic rings. The van der Waals surface area contributed by atoms with E-state index in [1.165, 1.54) is 0 Å². The topological polar surface area (TPSA) is 77.1 Å². The first-order valence-corrected chi connectivity index (χ1v) is 8.60. The summed E-state index contributed by atoms with van der Waals surface area (Å²) in [5.74, 6) is -0.510. The van der Waals surface area contributed by atoms with Gasteiger partial charge in [-0.2, -0.15) is 0 Å². The second-order valence-electron chi connectivity index (χ2n) is 6.40. The molecule has 4 rings (SSSR count). The monoisotopic (exact) mass is 345 g/mol. The van der Waals surface area contributed by atoms with E-state index in [0.29, 0.717) is 5.57 Å². The van der Waals surface area contributed by atoms with Crippen molar-refractivity contribution in [1.82, 2.24) is 4.57 Å². The van der Waals surface area contributed by atoms with Gasteiger partial charge in [0.1, 0.15) is 6.54 Å². The van der Waals surface area contributed by atoms with Crippen LogP contribution in [0, 0.1) is 0 Å². The van der Waals surface area contributed by atoms with Crippen LogP contribution in [0.25, 0.3) is 22.6 Å². The van der Waals surface area contributed by atoms with E-state index in [0.717, 1.165) is 39.7 Å². The van der Waals surface area contributed by atoms with Crippen molar-refractivity contribution in [3.8, 4) is 0 Å². The fourth-order valence-corrected chi connectivity index (χ4v) is 3.60. The van der Waals surface area contributed by atoms with E-state index in [9.17, 15) is 9.59 Å². The Balaban J connectivity index is 1.93. The van der Waals surface area contributed by atoms with E-state index in [-0.39, 0.29) is 12.5 Å². The summed E-state index contributed by atoms with van der Waals surface area (Å²) in [6, 6.07) is 13.7. The number of nitrogens with two attached hydrogens (primary N) is 1. The fourth-order valence-electron chi connectivity index (χ4n) is 3.60. The van der Waals surface area contributed by atoms with E-state index in [1.54, 1.807) is 0 Å². The van der Waals surface area contributed by atoms with Crippen LogP contribution in [0.1, 0.15) is 23.6 Å². The van der Waals surface area contributed by atoms with E-state index >= 15 is 0 Å². The lowest BCUT2D eigenvalue weighted by Gasteiger charge is -2.06. The molecule has 130 valence electrons. The Bertz CT molecular complexity index is 1080. The third kappa shape index (κ3) is 2.58. The van der Waals surface area contributed by atoms with Crippen LogP contribution < -0.4 is 11.1 Å². The first-order valence-electron chi connectivity index (χ1n) is 8.60. The first-order chi connectivity index (χ1) is 12.6. The molecule has 2 heterocycles. The number of hydrogen-bond acceptors (Lipinski definition) is 2. The lowest BCUT2D eigenvalue weighted by molar-refractivity contribution is -0.118. The molecule has 1 aliphatic rings. The highest BCUT2D eigenvalue weighted by molar-refractivity contribution is 6.35. The average molecular weight is 345 g/mol. The van der Waals surface area contributed by atoms with Gasteiger partial charge < -0.3 is 15.6 Å². The maximum absolute atomic E-state index is 12.4. The van der Waals surface area contributed by atoms with Gasteiger partial charge in [-0.25, -0.2) is 0 Å². The van der Waals surface area contributed by atoms with Crippen molar-refractivity contribution >= 4 is 40.1 Å². The second-order valence-corrected chi connectivity index (χ2v) is 6.40. The van der Waals surface area contributed by atoms with Crippen LogP contribution in [-0.4, -0.2) is 16.4 Å². The van der Waals surface area contributed by atoms with Crippen LogP contribution in [0.15, 0.2) is 48.7 Å². The summed E-state index contributed by atoms with van der Waals surface area (Å²) in [7, 11) is 0. The molecular formula is C21H19N3O2. The molecule has 0 radical (unpaired) electrons. The van der Waals surface area contributed by atoms with Gasteiger partial charge in [0, 0.05) is 34.0 Å². The summed E-state index contributed by atoms with van der Waals surface area (Å²) in [5, 5.41) is 3.90. The van der Waals surface area contributed by atoms with Crippen molar-refractivity contribution in [2.24, 2.45) is 5.73 Å². The van der Waals surface area contributed by atoms with Crippen molar-refractivity contribution in [1.29, 1.82) is 0 Å². The molecular weight excluding hydrogens is 326 g/mol. The van der Waals surface area contributed by atoms with Crippen molar-refractivity contribution < 1.29 is 9.59 Å². The van der Waals surface area contributed by atoms with E-state index in [1.807, 2.05) is 59.3 Å². The van der Waals surface area contributed by atoms with Crippen molar-refractivity contribution in [2.75, 3.05) is 5.32 Å². The molecule has 0 bridgehead atoms. The molecule has 26 heavy (non-hydrogen) atoms. The van der Waals surface area contributed by atoms with Gasteiger partial charge in [-0.1, -0.05) is 43.3 Å². The minimum absolute atomic E-state index is 0.111. The number of anilines is 1. The average Bonchev–Trinajstić information content (AvgIpc) is 3.13. The fraction of sp³-hybridized carbons (Fsp3) is 0.143. The molecule has 2 amide bonds. The smallest absolute Gasteiger partial charge is 0.256 e. The molecule has 2 aromatic carbocycles. The summed E-state index contributed by atoms with van der Waals surface area (Å²) in [6.45, 7) is 2.19. The van der Waals surface area contributed by atoms with Crippen LogP contribution in [0.5, 0.6) is 0 Å². The van der Waals surface area contributed by atoms with Crippen LogP contribution in [0.2, 0.25) is 0 Å².